The first-order valence-electron chi connectivity index (χ1n) is 5.19. The number of carbonyl (C=O) groups is 2. The van der Waals surface area contributed by atoms with Gasteiger partial charge in [0.1, 0.15) is 5.56 Å². The number of aliphatic carboxylic acids is 1. The van der Waals surface area contributed by atoms with Crippen molar-refractivity contribution >= 4 is 11.9 Å². The number of carbonyl (C=O) groups excluding carboxylic acids is 1. The molecule has 1 amide bonds. The van der Waals surface area contributed by atoms with Crippen molar-refractivity contribution in [3.63, 3.8) is 0 Å². The molecule has 0 saturated heterocycles. The molecule has 7 nitrogen and oxygen atoms in total. The van der Waals surface area contributed by atoms with Gasteiger partial charge in [0, 0.05) is 25.1 Å². The van der Waals surface area contributed by atoms with Crippen LogP contribution in [-0.2, 0) is 9.53 Å². The van der Waals surface area contributed by atoms with Crippen molar-refractivity contribution < 1.29 is 19.4 Å². The maximum atomic E-state index is 11.6. The van der Waals surface area contributed by atoms with Crippen LogP contribution in [0.5, 0.6) is 0 Å². The lowest BCUT2D eigenvalue weighted by Crippen LogP contribution is -2.39. The molecule has 0 aliphatic rings. The molecule has 0 fully saturated rings. The van der Waals surface area contributed by atoms with E-state index in [1.807, 2.05) is 0 Å². The normalized spacial score (nSPS) is 11.9. The van der Waals surface area contributed by atoms with Crippen LogP contribution in [0.4, 0.5) is 0 Å². The van der Waals surface area contributed by atoms with E-state index in [-0.39, 0.29) is 12.1 Å². The molecule has 1 atom stereocenters. The highest BCUT2D eigenvalue weighted by atomic mass is 16.5. The van der Waals surface area contributed by atoms with Gasteiger partial charge in [-0.3, -0.25) is 9.59 Å². The lowest BCUT2D eigenvalue weighted by atomic mass is 10.2. The van der Waals surface area contributed by atoms with Crippen LogP contribution in [0.1, 0.15) is 16.1 Å². The van der Waals surface area contributed by atoms with Crippen molar-refractivity contribution in [3.8, 4) is 0 Å². The SMILES string of the molecule is COC(CNC(=O)c1c[nH]c(C)cc1=O)C(=O)O. The van der Waals surface area contributed by atoms with Gasteiger partial charge in [-0.1, -0.05) is 0 Å². The van der Waals surface area contributed by atoms with E-state index in [9.17, 15) is 14.4 Å². The maximum Gasteiger partial charge on any atom is 0.334 e. The van der Waals surface area contributed by atoms with E-state index in [0.29, 0.717) is 5.69 Å². The first kappa shape index (κ1) is 13.9. The monoisotopic (exact) mass is 254 g/mol. The second-order valence-corrected chi connectivity index (χ2v) is 3.67. The molecule has 0 saturated carbocycles. The highest BCUT2D eigenvalue weighted by Gasteiger charge is 2.18. The first-order valence-corrected chi connectivity index (χ1v) is 5.19. The number of aryl methyl sites for hydroxylation is 1. The number of pyridine rings is 1. The molecule has 1 unspecified atom stereocenters. The molecule has 0 aromatic carbocycles. The number of carboxylic acid groups (broad SMARTS) is 1. The summed E-state index contributed by atoms with van der Waals surface area (Å²) < 4.78 is 4.65. The minimum absolute atomic E-state index is 0.0687. The Morgan fingerprint density at radius 1 is 1.56 bits per heavy atom. The van der Waals surface area contributed by atoms with Crippen molar-refractivity contribution in [2.45, 2.75) is 13.0 Å². The van der Waals surface area contributed by atoms with Crippen LogP contribution >= 0.6 is 0 Å². The smallest absolute Gasteiger partial charge is 0.334 e. The molecule has 1 heterocycles. The van der Waals surface area contributed by atoms with Gasteiger partial charge in [-0.05, 0) is 6.92 Å². The van der Waals surface area contributed by atoms with Gasteiger partial charge in [0.25, 0.3) is 5.91 Å². The molecule has 1 aromatic rings. The zero-order valence-electron chi connectivity index (χ0n) is 10.0. The van der Waals surface area contributed by atoms with Gasteiger partial charge in [-0.15, -0.1) is 0 Å². The quantitative estimate of drug-likeness (QED) is 0.657. The molecule has 18 heavy (non-hydrogen) atoms. The number of amides is 1. The molecule has 0 aliphatic heterocycles. The van der Waals surface area contributed by atoms with Crippen LogP contribution in [0, 0.1) is 6.92 Å². The van der Waals surface area contributed by atoms with Crippen LogP contribution < -0.4 is 10.7 Å². The van der Waals surface area contributed by atoms with E-state index in [1.165, 1.54) is 19.4 Å². The fourth-order valence-electron chi connectivity index (χ4n) is 1.30. The first-order chi connectivity index (χ1) is 8.45. The second-order valence-electron chi connectivity index (χ2n) is 3.67. The Balaban J connectivity index is 2.71. The zero-order valence-corrected chi connectivity index (χ0v) is 10.0. The number of rotatable bonds is 5. The van der Waals surface area contributed by atoms with Crippen molar-refractivity contribution in [2.75, 3.05) is 13.7 Å². The zero-order chi connectivity index (χ0) is 13.7. The Kier molecular flexibility index (Phi) is 4.61. The molecule has 7 heteroatoms. The summed E-state index contributed by atoms with van der Waals surface area (Å²) in [5.41, 5.74) is 0.144. The summed E-state index contributed by atoms with van der Waals surface area (Å²) in [7, 11) is 1.23. The number of carboxylic acids is 1. The number of hydrogen-bond donors (Lipinski definition) is 3. The third-order valence-electron chi connectivity index (χ3n) is 2.31. The van der Waals surface area contributed by atoms with E-state index >= 15 is 0 Å². The average Bonchev–Trinajstić information content (AvgIpc) is 2.28. The fraction of sp³-hybridized carbons (Fsp3) is 0.364. The number of aromatic nitrogens is 1. The summed E-state index contributed by atoms with van der Waals surface area (Å²) in [4.78, 5) is 36.5. The molecule has 0 radical (unpaired) electrons. The molecule has 1 rings (SSSR count). The standard InChI is InChI=1S/C11H14N2O5/c1-6-3-8(14)7(4-12-6)10(15)13-5-9(18-2)11(16)17/h3-4,9H,5H2,1-2H3,(H,12,14)(H,13,15)(H,16,17). The van der Waals surface area contributed by atoms with E-state index in [2.05, 4.69) is 15.0 Å². The fourth-order valence-corrected chi connectivity index (χ4v) is 1.30. The van der Waals surface area contributed by atoms with E-state index < -0.39 is 23.4 Å². The van der Waals surface area contributed by atoms with Gasteiger partial charge in [0.2, 0.25) is 0 Å². The summed E-state index contributed by atoms with van der Waals surface area (Å²) in [6.07, 6.45) is 0.147. The van der Waals surface area contributed by atoms with Gasteiger partial charge in [-0.2, -0.15) is 0 Å². The van der Waals surface area contributed by atoms with Crippen molar-refractivity contribution in [1.82, 2.24) is 10.3 Å². The summed E-state index contributed by atoms with van der Waals surface area (Å²) in [6, 6.07) is 1.29. The largest absolute Gasteiger partial charge is 0.479 e. The maximum absolute atomic E-state index is 11.6. The van der Waals surface area contributed by atoms with Crippen molar-refractivity contribution in [3.05, 3.63) is 33.7 Å². The third kappa shape index (κ3) is 3.42. The number of aromatic amines is 1. The number of hydrogen-bond acceptors (Lipinski definition) is 4. The molecule has 3 N–H and O–H groups in total. The highest BCUT2D eigenvalue weighted by Crippen LogP contribution is 1.94. The minimum atomic E-state index is -1.18. The predicted molar refractivity (Wildman–Crippen MR) is 62.6 cm³/mol. The topological polar surface area (TPSA) is 108 Å². The second kappa shape index (κ2) is 5.97. The Bertz CT molecular complexity index is 508. The Morgan fingerprint density at radius 3 is 2.72 bits per heavy atom. The highest BCUT2D eigenvalue weighted by molar-refractivity contribution is 5.94. The summed E-state index contributed by atoms with van der Waals surface area (Å²) in [5, 5.41) is 11.0. The molecule has 98 valence electrons. The number of ether oxygens (including phenoxy) is 1. The van der Waals surface area contributed by atoms with Gasteiger partial charge in [-0.25, -0.2) is 4.79 Å². The Hall–Kier alpha value is -2.15. The number of methoxy groups -OCH3 is 1. The van der Waals surface area contributed by atoms with Gasteiger partial charge >= 0.3 is 5.97 Å². The van der Waals surface area contributed by atoms with Crippen LogP contribution in [0.2, 0.25) is 0 Å². The van der Waals surface area contributed by atoms with E-state index in [4.69, 9.17) is 5.11 Å². The van der Waals surface area contributed by atoms with Crippen molar-refractivity contribution in [2.24, 2.45) is 0 Å². The molecule has 0 spiro atoms. The van der Waals surface area contributed by atoms with Crippen LogP contribution in [0.3, 0.4) is 0 Å². The number of nitrogens with one attached hydrogen (secondary N) is 2. The van der Waals surface area contributed by atoms with Crippen LogP contribution in [-0.4, -0.2) is 41.7 Å². The lowest BCUT2D eigenvalue weighted by Gasteiger charge is -2.11. The Morgan fingerprint density at radius 2 is 2.22 bits per heavy atom. The lowest BCUT2D eigenvalue weighted by molar-refractivity contribution is -0.148. The van der Waals surface area contributed by atoms with Crippen LogP contribution in [0.15, 0.2) is 17.1 Å². The molecular weight excluding hydrogens is 240 g/mol. The van der Waals surface area contributed by atoms with Gasteiger partial charge in [0.15, 0.2) is 11.5 Å². The van der Waals surface area contributed by atoms with Crippen molar-refractivity contribution in [1.29, 1.82) is 0 Å². The summed E-state index contributed by atoms with van der Waals surface area (Å²) in [5.74, 6) is -1.82. The number of H-pyrrole nitrogens is 1. The molecular formula is C11H14N2O5. The van der Waals surface area contributed by atoms with Gasteiger partial charge < -0.3 is 20.1 Å². The molecule has 0 bridgehead atoms. The van der Waals surface area contributed by atoms with Gasteiger partial charge in [0.05, 0.1) is 6.54 Å². The molecule has 1 aromatic heterocycles. The van der Waals surface area contributed by atoms with E-state index in [0.717, 1.165) is 0 Å². The van der Waals surface area contributed by atoms with Crippen LogP contribution in [0.25, 0.3) is 0 Å². The molecule has 0 aliphatic carbocycles. The summed E-state index contributed by atoms with van der Waals surface area (Å²) in [6.45, 7) is 1.48. The van der Waals surface area contributed by atoms with E-state index in [1.54, 1.807) is 6.92 Å². The predicted octanol–water partition coefficient (Wildman–Crippen LogP) is -0.487. The average molecular weight is 254 g/mol. The summed E-state index contributed by atoms with van der Waals surface area (Å²) >= 11 is 0. The minimum Gasteiger partial charge on any atom is -0.479 e. The third-order valence-corrected chi connectivity index (χ3v) is 2.31. The Labute approximate surface area is 103 Å².